The molecule has 0 radical (unpaired) electrons. The quantitative estimate of drug-likeness (QED) is 0.676. The predicted molar refractivity (Wildman–Crippen MR) is 83.2 cm³/mol. The molecule has 0 bridgehead atoms. The second-order valence-electron chi connectivity index (χ2n) is 6.09. The highest BCUT2D eigenvalue weighted by Crippen LogP contribution is 2.41. The van der Waals surface area contributed by atoms with Gasteiger partial charge in [-0.3, -0.25) is 0 Å². The lowest BCUT2D eigenvalue weighted by Crippen LogP contribution is -2.31. The van der Waals surface area contributed by atoms with Crippen molar-refractivity contribution in [3.8, 4) is 0 Å². The van der Waals surface area contributed by atoms with Crippen molar-refractivity contribution in [3.63, 3.8) is 0 Å². The Hall–Kier alpha value is -0.530. The number of aryl methyl sites for hydroxylation is 1. The molecule has 2 heteroatoms. The van der Waals surface area contributed by atoms with Crippen LogP contribution in [0.3, 0.4) is 0 Å². The number of halogens is 1. The summed E-state index contributed by atoms with van der Waals surface area (Å²) in [5.74, 6) is 0.594. The van der Waals surface area contributed by atoms with E-state index in [-0.39, 0.29) is 25.9 Å². The fourth-order valence-electron chi connectivity index (χ4n) is 2.97. The third-order valence-electron chi connectivity index (χ3n) is 3.92. The molecule has 1 aliphatic rings. The number of hydrogen-bond acceptors (Lipinski definition) is 1. The molecule has 0 heterocycles. The van der Waals surface area contributed by atoms with Crippen LogP contribution in [0, 0.1) is 11.3 Å². The van der Waals surface area contributed by atoms with Gasteiger partial charge in [-0.05, 0) is 41.7 Å². The molecular weight excluding hydrogens is 242 g/mol. The molecule has 0 aromatic heterocycles. The van der Waals surface area contributed by atoms with Gasteiger partial charge in [0.05, 0.1) is 0 Å². The number of nitrogens with two attached hydrogens (primary N) is 1. The summed E-state index contributed by atoms with van der Waals surface area (Å²) in [6, 6.07) is 8.90. The highest BCUT2D eigenvalue weighted by Gasteiger charge is 2.33. The summed E-state index contributed by atoms with van der Waals surface area (Å²) < 4.78 is 0. The molecule has 2 rings (SSSR count). The van der Waals surface area contributed by atoms with E-state index in [2.05, 4.69) is 45.0 Å². The molecule has 2 N–H and O–H groups in total. The zero-order valence-electron chi connectivity index (χ0n) is 11.1. The smallest absolute Gasteiger partial charge is 0.0331 e. The fraction of sp³-hybridized carbons (Fsp3) is 0.625. The van der Waals surface area contributed by atoms with E-state index < -0.39 is 0 Å². The number of hydrogen-bond donors (Lipinski definition) is 1. The molecular formula is C16H28ClN. The summed E-state index contributed by atoms with van der Waals surface area (Å²) in [6.45, 7) is 6.93. The van der Waals surface area contributed by atoms with Gasteiger partial charge in [0, 0.05) is 6.04 Å². The standard InChI is InChI=1S/C15H23N.CH4.ClH/c1-15(2,3)13-10-6-8-11-7-4-5-9-12(11)14(13)16;;/h4-5,7,9,13-14H,6,8,10,16H2,1-3H3;1H4;1H. The Morgan fingerprint density at radius 1 is 1.17 bits per heavy atom. The van der Waals surface area contributed by atoms with Crippen LogP contribution in [0.4, 0.5) is 0 Å². The van der Waals surface area contributed by atoms with Crippen LogP contribution in [0.2, 0.25) is 0 Å². The molecule has 1 aromatic carbocycles. The Labute approximate surface area is 119 Å². The number of fused-ring (bicyclic) bond motifs is 1. The first-order valence-corrected chi connectivity index (χ1v) is 6.33. The highest BCUT2D eigenvalue weighted by atomic mass is 35.5. The maximum Gasteiger partial charge on any atom is 0.0331 e. The van der Waals surface area contributed by atoms with E-state index in [1.807, 2.05) is 0 Å². The maximum absolute atomic E-state index is 6.48. The van der Waals surface area contributed by atoms with Crippen LogP contribution in [0.25, 0.3) is 0 Å². The van der Waals surface area contributed by atoms with Crippen LogP contribution in [0.5, 0.6) is 0 Å². The van der Waals surface area contributed by atoms with Crippen molar-refractivity contribution in [3.05, 3.63) is 35.4 Å². The molecule has 104 valence electrons. The summed E-state index contributed by atoms with van der Waals surface area (Å²) in [6.07, 6.45) is 3.71. The highest BCUT2D eigenvalue weighted by molar-refractivity contribution is 5.85. The molecule has 0 aliphatic heterocycles. The van der Waals surface area contributed by atoms with Gasteiger partial charge in [0.25, 0.3) is 0 Å². The lowest BCUT2D eigenvalue weighted by Gasteiger charge is -2.34. The maximum atomic E-state index is 6.48. The minimum absolute atomic E-state index is 0. The Morgan fingerprint density at radius 3 is 2.39 bits per heavy atom. The van der Waals surface area contributed by atoms with E-state index in [1.54, 1.807) is 0 Å². The molecule has 1 nitrogen and oxygen atoms in total. The SMILES string of the molecule is C.CC(C)(C)C1CCCc2ccccc2C1N.Cl. The molecule has 0 fully saturated rings. The van der Waals surface area contributed by atoms with Gasteiger partial charge < -0.3 is 5.73 Å². The van der Waals surface area contributed by atoms with Gasteiger partial charge >= 0.3 is 0 Å². The predicted octanol–water partition coefficient (Wildman–Crippen LogP) is 4.74. The number of rotatable bonds is 0. The van der Waals surface area contributed by atoms with Gasteiger partial charge in [-0.2, -0.15) is 0 Å². The van der Waals surface area contributed by atoms with Crippen LogP contribution in [0.1, 0.15) is 58.2 Å². The van der Waals surface area contributed by atoms with Gasteiger partial charge in [0.15, 0.2) is 0 Å². The topological polar surface area (TPSA) is 26.0 Å². The Morgan fingerprint density at radius 2 is 1.78 bits per heavy atom. The molecule has 0 spiro atoms. The van der Waals surface area contributed by atoms with Crippen molar-refractivity contribution < 1.29 is 0 Å². The summed E-state index contributed by atoms with van der Waals surface area (Å²) in [5.41, 5.74) is 9.61. The summed E-state index contributed by atoms with van der Waals surface area (Å²) >= 11 is 0. The van der Waals surface area contributed by atoms with Crippen molar-refractivity contribution in [2.45, 2.75) is 53.5 Å². The van der Waals surface area contributed by atoms with Crippen LogP contribution >= 0.6 is 12.4 Å². The van der Waals surface area contributed by atoms with E-state index in [1.165, 1.54) is 30.4 Å². The van der Waals surface area contributed by atoms with Crippen LogP contribution in [0.15, 0.2) is 24.3 Å². The average Bonchev–Trinajstić information content (AvgIpc) is 2.38. The first kappa shape index (κ1) is 17.5. The van der Waals surface area contributed by atoms with Gasteiger partial charge in [-0.25, -0.2) is 0 Å². The summed E-state index contributed by atoms with van der Waals surface area (Å²) in [4.78, 5) is 0. The summed E-state index contributed by atoms with van der Waals surface area (Å²) in [7, 11) is 0. The zero-order valence-corrected chi connectivity index (χ0v) is 11.9. The van der Waals surface area contributed by atoms with Gasteiger partial charge in [-0.15, -0.1) is 12.4 Å². The van der Waals surface area contributed by atoms with Crippen molar-refractivity contribution in [1.29, 1.82) is 0 Å². The first-order chi connectivity index (χ1) is 7.50. The minimum atomic E-state index is 0. The fourth-order valence-corrected chi connectivity index (χ4v) is 2.97. The van der Waals surface area contributed by atoms with E-state index in [9.17, 15) is 0 Å². The molecule has 0 saturated carbocycles. The molecule has 2 unspecified atom stereocenters. The van der Waals surface area contributed by atoms with Crippen LogP contribution in [-0.2, 0) is 6.42 Å². The van der Waals surface area contributed by atoms with E-state index in [4.69, 9.17) is 5.73 Å². The third kappa shape index (κ3) is 3.49. The second-order valence-corrected chi connectivity index (χ2v) is 6.09. The monoisotopic (exact) mass is 269 g/mol. The zero-order chi connectivity index (χ0) is 11.8. The minimum Gasteiger partial charge on any atom is -0.324 e. The normalized spacial score (nSPS) is 23.1. The molecule has 1 aliphatic carbocycles. The summed E-state index contributed by atoms with van der Waals surface area (Å²) in [5, 5.41) is 0. The third-order valence-corrected chi connectivity index (χ3v) is 3.92. The molecule has 0 saturated heterocycles. The molecule has 2 atom stereocenters. The largest absolute Gasteiger partial charge is 0.324 e. The molecule has 1 aromatic rings. The van der Waals surface area contributed by atoms with Gasteiger partial charge in [0.1, 0.15) is 0 Å². The van der Waals surface area contributed by atoms with Crippen molar-refractivity contribution in [1.82, 2.24) is 0 Å². The van der Waals surface area contributed by atoms with Crippen molar-refractivity contribution >= 4 is 12.4 Å². The van der Waals surface area contributed by atoms with E-state index in [0.717, 1.165) is 0 Å². The van der Waals surface area contributed by atoms with Crippen LogP contribution < -0.4 is 5.73 Å². The average molecular weight is 270 g/mol. The van der Waals surface area contributed by atoms with E-state index in [0.29, 0.717) is 11.3 Å². The molecule has 0 amide bonds. The second kappa shape index (κ2) is 6.58. The number of benzene rings is 1. The lowest BCUT2D eigenvalue weighted by molar-refractivity contribution is 0.190. The lowest BCUT2D eigenvalue weighted by atomic mass is 9.73. The van der Waals surface area contributed by atoms with Gasteiger partial charge in [0.2, 0.25) is 0 Å². The Bertz CT molecular complexity index is 368. The van der Waals surface area contributed by atoms with Crippen molar-refractivity contribution in [2.24, 2.45) is 17.1 Å². The van der Waals surface area contributed by atoms with E-state index >= 15 is 0 Å². The van der Waals surface area contributed by atoms with Crippen LogP contribution in [-0.4, -0.2) is 0 Å². The van der Waals surface area contributed by atoms with Gasteiger partial charge in [-0.1, -0.05) is 52.5 Å². The Kier molecular flexibility index (Phi) is 6.39. The molecule has 18 heavy (non-hydrogen) atoms. The first-order valence-electron chi connectivity index (χ1n) is 6.33. The Balaban J connectivity index is 0.00000144. The van der Waals surface area contributed by atoms with Crippen molar-refractivity contribution in [2.75, 3.05) is 0 Å².